The van der Waals surface area contributed by atoms with E-state index >= 15 is 0 Å². The average molecular weight is 792 g/mol. The van der Waals surface area contributed by atoms with Crippen LogP contribution in [0.2, 0.25) is 0 Å². The lowest BCUT2D eigenvalue weighted by Crippen LogP contribution is -2.35. The third kappa shape index (κ3) is 5.32. The highest BCUT2D eigenvalue weighted by atomic mass is 16.3. The van der Waals surface area contributed by atoms with Crippen molar-refractivity contribution >= 4 is 76.1 Å². The number of furan rings is 1. The minimum Gasteiger partial charge on any atom is -0.454 e. The third-order valence-electron chi connectivity index (χ3n) is 12.5. The maximum absolute atomic E-state index is 6.85. The highest BCUT2D eigenvalue weighted by Crippen LogP contribution is 2.41. The molecule has 0 N–H and O–H groups in total. The second-order valence-corrected chi connectivity index (χ2v) is 16.0. The van der Waals surface area contributed by atoms with Crippen LogP contribution in [0.25, 0.3) is 121 Å². The van der Waals surface area contributed by atoms with E-state index in [1.165, 1.54) is 32.3 Å². The Morgan fingerprint density at radius 2 is 1.08 bits per heavy atom. The monoisotopic (exact) mass is 791 g/mol. The summed E-state index contributed by atoms with van der Waals surface area (Å²) in [5.41, 5.74) is 9.94. The fourth-order valence-electron chi connectivity index (χ4n) is 9.59. The standard InChI is InChI=1S/C57H35N4O/c1-2-15-36(16-3-1)37-20-14-21-41(29-37)57-59-56(50-31-40-19-6-7-22-43(40)44-23-8-9-24-45(44)50)58-35-60(57)42-33-49-47-26-11-13-28-54(47)62-55(49)53(34-42)61-51-27-12-10-25-46(51)48-30-38-17-4-5-18-39(38)32-52(48)61/h1-35H/q+1. The molecular weight excluding hydrogens is 757 g/mol. The van der Waals surface area contributed by atoms with E-state index in [0.29, 0.717) is 5.82 Å². The van der Waals surface area contributed by atoms with Crippen molar-refractivity contribution < 1.29 is 8.98 Å². The van der Waals surface area contributed by atoms with Crippen LogP contribution >= 0.6 is 0 Å². The van der Waals surface area contributed by atoms with Crippen LogP contribution in [0.1, 0.15) is 0 Å². The first kappa shape index (κ1) is 34.5. The molecule has 0 bridgehead atoms. The summed E-state index contributed by atoms with van der Waals surface area (Å²) in [7, 11) is 0. The molecule has 0 aliphatic heterocycles. The van der Waals surface area contributed by atoms with Gasteiger partial charge in [-0.05, 0) is 92.0 Å². The summed E-state index contributed by atoms with van der Waals surface area (Å²) in [6, 6.07) is 73.2. The van der Waals surface area contributed by atoms with E-state index in [4.69, 9.17) is 14.4 Å². The topological polar surface area (TPSA) is 47.7 Å². The molecule has 0 radical (unpaired) electrons. The normalized spacial score (nSPS) is 11.9. The summed E-state index contributed by atoms with van der Waals surface area (Å²) in [4.78, 5) is 10.8. The second-order valence-electron chi connectivity index (χ2n) is 16.0. The minimum absolute atomic E-state index is 0.660. The smallest absolute Gasteiger partial charge is 0.308 e. The van der Waals surface area contributed by atoms with E-state index < -0.39 is 0 Å². The summed E-state index contributed by atoms with van der Waals surface area (Å²) in [6.45, 7) is 0. The van der Waals surface area contributed by atoms with Crippen LogP contribution in [0.4, 0.5) is 0 Å². The van der Waals surface area contributed by atoms with Gasteiger partial charge in [0.25, 0.3) is 5.82 Å². The van der Waals surface area contributed by atoms with Crippen LogP contribution in [-0.4, -0.2) is 14.5 Å². The first-order valence-electron chi connectivity index (χ1n) is 21.0. The van der Waals surface area contributed by atoms with E-state index in [0.717, 1.165) is 83.2 Å². The highest BCUT2D eigenvalue weighted by molar-refractivity contribution is 6.16. The predicted octanol–water partition coefficient (Wildman–Crippen LogP) is 14.2. The molecule has 0 atom stereocenters. The molecule has 13 aromatic rings. The van der Waals surface area contributed by atoms with Crippen molar-refractivity contribution in [3.05, 3.63) is 213 Å². The number of hydrogen-bond acceptors (Lipinski definition) is 3. The molecule has 0 spiro atoms. The molecule has 13 rings (SSSR count). The van der Waals surface area contributed by atoms with Crippen molar-refractivity contribution in [1.29, 1.82) is 0 Å². The van der Waals surface area contributed by atoms with Gasteiger partial charge in [0.05, 0.1) is 27.8 Å². The Balaban J connectivity index is 1.12. The Kier molecular flexibility index (Phi) is 7.54. The van der Waals surface area contributed by atoms with E-state index in [2.05, 4.69) is 209 Å². The lowest BCUT2D eigenvalue weighted by molar-refractivity contribution is -0.590. The number of rotatable bonds is 5. The summed E-state index contributed by atoms with van der Waals surface area (Å²) in [5, 5.41) is 11.5. The van der Waals surface area contributed by atoms with Crippen LogP contribution in [0, 0.1) is 0 Å². The Morgan fingerprint density at radius 1 is 0.419 bits per heavy atom. The number of fused-ring (bicyclic) bond motifs is 10. The maximum Gasteiger partial charge on any atom is 0.308 e. The molecule has 0 aliphatic carbocycles. The average Bonchev–Trinajstić information content (AvgIpc) is 3.88. The molecule has 10 aromatic carbocycles. The quantitative estimate of drug-likeness (QED) is 0.129. The second kappa shape index (κ2) is 13.6. The van der Waals surface area contributed by atoms with Gasteiger partial charge in [-0.2, -0.15) is 4.57 Å². The van der Waals surface area contributed by atoms with Crippen LogP contribution in [0.15, 0.2) is 217 Å². The zero-order valence-electron chi connectivity index (χ0n) is 33.4. The van der Waals surface area contributed by atoms with E-state index in [1.54, 1.807) is 0 Å². The Morgan fingerprint density at radius 3 is 1.94 bits per heavy atom. The van der Waals surface area contributed by atoms with Gasteiger partial charge in [0.15, 0.2) is 5.58 Å². The van der Waals surface area contributed by atoms with Crippen molar-refractivity contribution in [2.24, 2.45) is 0 Å². The molecule has 62 heavy (non-hydrogen) atoms. The van der Waals surface area contributed by atoms with Gasteiger partial charge < -0.3 is 8.98 Å². The number of hydrogen-bond donors (Lipinski definition) is 0. The number of nitrogens with zero attached hydrogens (tertiary/aromatic N) is 4. The molecule has 3 heterocycles. The summed E-state index contributed by atoms with van der Waals surface area (Å²) < 4.78 is 11.4. The fraction of sp³-hybridized carbons (Fsp3) is 0. The molecule has 288 valence electrons. The molecule has 0 amide bonds. The zero-order chi connectivity index (χ0) is 40.7. The van der Waals surface area contributed by atoms with Gasteiger partial charge in [0, 0.05) is 27.6 Å². The maximum atomic E-state index is 6.85. The summed E-state index contributed by atoms with van der Waals surface area (Å²) in [5.74, 6) is 1.43. The molecule has 0 saturated heterocycles. The molecule has 0 aliphatic rings. The SMILES string of the molecule is c1ccc(-c2cccc(-c3nc(-c4cc5ccccc5c5ccccc45)nc[n+]3-c3cc(-n4c5ccccc5c5cc6ccccc6cc54)c4oc5ccccc5c4c3)c2)cc1. The molecule has 5 nitrogen and oxygen atoms in total. The largest absolute Gasteiger partial charge is 0.454 e. The Labute approximate surface area is 356 Å². The van der Waals surface area contributed by atoms with Crippen LogP contribution < -0.4 is 4.57 Å². The number of aromatic nitrogens is 4. The molecule has 0 saturated carbocycles. The fourth-order valence-corrected chi connectivity index (χ4v) is 9.59. The Hall–Kier alpha value is -8.41. The lowest BCUT2D eigenvalue weighted by Gasteiger charge is -2.13. The van der Waals surface area contributed by atoms with E-state index in [-0.39, 0.29) is 0 Å². The Bertz CT molecular complexity index is 3940. The number of para-hydroxylation sites is 2. The van der Waals surface area contributed by atoms with Gasteiger partial charge in [-0.1, -0.05) is 162 Å². The highest BCUT2D eigenvalue weighted by Gasteiger charge is 2.26. The molecule has 3 aromatic heterocycles. The van der Waals surface area contributed by atoms with Crippen molar-refractivity contribution in [3.63, 3.8) is 0 Å². The minimum atomic E-state index is 0.660. The van der Waals surface area contributed by atoms with Crippen LogP contribution in [0.3, 0.4) is 0 Å². The van der Waals surface area contributed by atoms with Gasteiger partial charge >= 0.3 is 5.82 Å². The molecule has 5 heteroatoms. The lowest BCUT2D eigenvalue weighted by atomic mass is 9.97. The zero-order valence-corrected chi connectivity index (χ0v) is 33.4. The third-order valence-corrected chi connectivity index (χ3v) is 12.5. The molecule has 0 fully saturated rings. The number of benzene rings is 10. The molecular formula is C57H35N4O+. The van der Waals surface area contributed by atoms with Crippen molar-refractivity contribution in [3.8, 4) is 45.3 Å². The predicted molar refractivity (Wildman–Crippen MR) is 254 cm³/mol. The van der Waals surface area contributed by atoms with Gasteiger partial charge in [0.2, 0.25) is 6.33 Å². The van der Waals surface area contributed by atoms with Crippen molar-refractivity contribution in [1.82, 2.24) is 14.5 Å². The van der Waals surface area contributed by atoms with Crippen LogP contribution in [-0.2, 0) is 0 Å². The van der Waals surface area contributed by atoms with Gasteiger partial charge in [-0.3, -0.25) is 0 Å². The van der Waals surface area contributed by atoms with Gasteiger partial charge in [-0.15, -0.1) is 0 Å². The first-order chi connectivity index (χ1) is 30.7. The van der Waals surface area contributed by atoms with Crippen molar-refractivity contribution in [2.75, 3.05) is 0 Å². The van der Waals surface area contributed by atoms with Crippen LogP contribution in [0.5, 0.6) is 0 Å². The van der Waals surface area contributed by atoms with Crippen molar-refractivity contribution in [2.45, 2.75) is 0 Å². The van der Waals surface area contributed by atoms with E-state index in [9.17, 15) is 0 Å². The van der Waals surface area contributed by atoms with Gasteiger partial charge in [-0.25, -0.2) is 0 Å². The first-order valence-corrected chi connectivity index (χ1v) is 21.0. The molecule has 0 unspecified atom stereocenters. The van der Waals surface area contributed by atoms with Gasteiger partial charge in [0.1, 0.15) is 11.3 Å². The van der Waals surface area contributed by atoms with E-state index in [1.807, 2.05) is 12.4 Å². The summed E-state index contributed by atoms with van der Waals surface area (Å²) >= 11 is 0. The summed E-state index contributed by atoms with van der Waals surface area (Å²) in [6.07, 6.45) is 1.95.